The molecule has 0 amide bonds. The molecule has 1 aromatic heterocycles. The molecule has 3 nitrogen and oxygen atoms in total. The van der Waals surface area contributed by atoms with Crippen molar-refractivity contribution < 1.29 is 4.42 Å². The van der Waals surface area contributed by atoms with Crippen molar-refractivity contribution in [2.45, 2.75) is 39.4 Å². The molecule has 1 N–H and O–H groups in total. The molecule has 1 aromatic rings. The topological polar surface area (TPSA) is 28.4 Å². The van der Waals surface area contributed by atoms with Gasteiger partial charge in [0.25, 0.3) is 0 Å². The van der Waals surface area contributed by atoms with Gasteiger partial charge in [0.15, 0.2) is 0 Å². The molecule has 18 heavy (non-hydrogen) atoms. The van der Waals surface area contributed by atoms with Crippen molar-refractivity contribution in [2.24, 2.45) is 0 Å². The van der Waals surface area contributed by atoms with Gasteiger partial charge in [-0.25, -0.2) is 0 Å². The van der Waals surface area contributed by atoms with E-state index in [4.69, 9.17) is 4.42 Å². The van der Waals surface area contributed by atoms with Crippen LogP contribution >= 0.6 is 11.8 Å². The third-order valence-electron chi connectivity index (χ3n) is 3.29. The summed E-state index contributed by atoms with van der Waals surface area (Å²) in [6, 6.07) is 2.66. The number of thioether (sulfide) groups is 1. The highest BCUT2D eigenvalue weighted by molar-refractivity contribution is 7.98. The second kappa shape index (κ2) is 8.62. The highest BCUT2D eigenvalue weighted by Gasteiger charge is 2.13. The van der Waals surface area contributed by atoms with Gasteiger partial charge in [-0.05, 0) is 45.0 Å². The first-order valence-electron chi connectivity index (χ1n) is 6.64. The van der Waals surface area contributed by atoms with Gasteiger partial charge >= 0.3 is 0 Å². The van der Waals surface area contributed by atoms with Gasteiger partial charge in [-0.1, -0.05) is 6.92 Å². The number of nitrogens with one attached hydrogen (secondary N) is 1. The Labute approximate surface area is 115 Å². The summed E-state index contributed by atoms with van der Waals surface area (Å²) in [6.45, 7) is 7.18. The van der Waals surface area contributed by atoms with E-state index in [0.29, 0.717) is 6.04 Å². The summed E-state index contributed by atoms with van der Waals surface area (Å²) in [5, 5.41) is 3.35. The van der Waals surface area contributed by atoms with Gasteiger partial charge in [-0.2, -0.15) is 11.8 Å². The molecule has 0 aliphatic heterocycles. The number of furan rings is 1. The Kier molecular flexibility index (Phi) is 7.47. The summed E-state index contributed by atoms with van der Waals surface area (Å²) < 4.78 is 5.60. The third kappa shape index (κ3) is 5.04. The average molecular weight is 270 g/mol. The Morgan fingerprint density at radius 1 is 1.50 bits per heavy atom. The molecule has 0 radical (unpaired) electrons. The van der Waals surface area contributed by atoms with E-state index in [9.17, 15) is 0 Å². The van der Waals surface area contributed by atoms with E-state index in [-0.39, 0.29) is 0 Å². The average Bonchev–Trinajstić information content (AvgIpc) is 2.80. The Bertz CT molecular complexity index is 327. The molecular weight excluding hydrogens is 244 g/mol. The van der Waals surface area contributed by atoms with Crippen LogP contribution in [0.5, 0.6) is 0 Å². The van der Waals surface area contributed by atoms with Crippen LogP contribution in [-0.4, -0.2) is 36.5 Å². The molecule has 0 bridgehead atoms. The normalized spacial score (nSPS) is 13.2. The van der Waals surface area contributed by atoms with Crippen molar-refractivity contribution >= 4 is 11.8 Å². The molecule has 104 valence electrons. The second-order valence-electron chi connectivity index (χ2n) is 4.69. The van der Waals surface area contributed by atoms with Crippen molar-refractivity contribution in [3.63, 3.8) is 0 Å². The summed E-state index contributed by atoms with van der Waals surface area (Å²) in [4.78, 5) is 2.37. The Morgan fingerprint density at radius 2 is 2.28 bits per heavy atom. The monoisotopic (exact) mass is 270 g/mol. The molecule has 0 saturated carbocycles. The predicted molar refractivity (Wildman–Crippen MR) is 80.0 cm³/mol. The van der Waals surface area contributed by atoms with Crippen LogP contribution in [0.4, 0.5) is 0 Å². The molecule has 4 heteroatoms. The standard InChI is InChI=1S/C14H26N2OS/c1-5-15-10-13-6-8-17-14(13)11-16(3)12(2)7-9-18-4/h6,8,12,15H,5,7,9-11H2,1-4H3. The van der Waals surface area contributed by atoms with E-state index in [1.807, 2.05) is 11.8 Å². The molecule has 1 unspecified atom stereocenters. The minimum atomic E-state index is 0.592. The van der Waals surface area contributed by atoms with E-state index in [1.54, 1.807) is 6.26 Å². The largest absolute Gasteiger partial charge is 0.468 e. The van der Waals surface area contributed by atoms with Crippen molar-refractivity contribution in [1.82, 2.24) is 10.2 Å². The second-order valence-corrected chi connectivity index (χ2v) is 5.68. The first-order valence-corrected chi connectivity index (χ1v) is 8.03. The maximum absolute atomic E-state index is 5.60. The van der Waals surface area contributed by atoms with Crippen LogP contribution in [0.3, 0.4) is 0 Å². The first kappa shape index (κ1) is 15.6. The van der Waals surface area contributed by atoms with Crippen LogP contribution in [0.1, 0.15) is 31.6 Å². The van der Waals surface area contributed by atoms with Gasteiger partial charge in [-0.15, -0.1) is 0 Å². The SMILES string of the molecule is CCNCc1ccoc1CN(C)C(C)CCSC. The summed E-state index contributed by atoms with van der Waals surface area (Å²) in [6.07, 6.45) is 5.18. The fourth-order valence-corrected chi connectivity index (χ4v) is 2.39. The van der Waals surface area contributed by atoms with Gasteiger partial charge in [0.2, 0.25) is 0 Å². The van der Waals surface area contributed by atoms with Crippen molar-refractivity contribution in [1.29, 1.82) is 0 Å². The zero-order chi connectivity index (χ0) is 13.4. The lowest BCUT2D eigenvalue weighted by molar-refractivity contribution is 0.225. The first-order chi connectivity index (χ1) is 8.69. The van der Waals surface area contributed by atoms with Crippen LogP contribution < -0.4 is 5.32 Å². The third-order valence-corrected chi connectivity index (χ3v) is 3.93. The van der Waals surface area contributed by atoms with E-state index in [1.165, 1.54) is 17.7 Å². The Morgan fingerprint density at radius 3 is 2.94 bits per heavy atom. The minimum absolute atomic E-state index is 0.592. The highest BCUT2D eigenvalue weighted by atomic mass is 32.2. The molecule has 0 aromatic carbocycles. The van der Waals surface area contributed by atoms with Crippen molar-refractivity contribution in [3.05, 3.63) is 23.7 Å². The van der Waals surface area contributed by atoms with Gasteiger partial charge in [0.05, 0.1) is 12.8 Å². The van der Waals surface area contributed by atoms with E-state index < -0.39 is 0 Å². The van der Waals surface area contributed by atoms with Crippen LogP contribution in [-0.2, 0) is 13.1 Å². The van der Waals surface area contributed by atoms with Gasteiger partial charge < -0.3 is 9.73 Å². The Hall–Kier alpha value is -0.450. The molecule has 0 saturated heterocycles. The molecule has 0 aliphatic rings. The predicted octanol–water partition coefficient (Wildman–Crippen LogP) is 2.96. The Balaban J connectivity index is 2.47. The molecular formula is C14H26N2OS. The lowest BCUT2D eigenvalue weighted by Gasteiger charge is -2.23. The van der Waals surface area contributed by atoms with Crippen LogP contribution in [0, 0.1) is 0 Å². The molecule has 1 atom stereocenters. The fraction of sp³-hybridized carbons (Fsp3) is 0.714. The summed E-state index contributed by atoms with van der Waals surface area (Å²) in [5.74, 6) is 2.31. The van der Waals surface area contributed by atoms with Gasteiger partial charge in [0.1, 0.15) is 5.76 Å². The maximum atomic E-state index is 5.60. The zero-order valence-corrected chi connectivity index (χ0v) is 12.8. The summed E-state index contributed by atoms with van der Waals surface area (Å²) in [7, 11) is 2.17. The van der Waals surface area contributed by atoms with Crippen molar-refractivity contribution in [2.75, 3.05) is 25.6 Å². The molecule has 1 rings (SSSR count). The highest BCUT2D eigenvalue weighted by Crippen LogP contribution is 2.15. The van der Waals surface area contributed by atoms with Crippen LogP contribution in [0.15, 0.2) is 16.7 Å². The lowest BCUT2D eigenvalue weighted by atomic mass is 10.2. The number of hydrogen-bond donors (Lipinski definition) is 1. The number of rotatable bonds is 9. The number of hydrogen-bond acceptors (Lipinski definition) is 4. The van der Waals surface area contributed by atoms with E-state index >= 15 is 0 Å². The molecule has 0 spiro atoms. The molecule has 0 fully saturated rings. The van der Waals surface area contributed by atoms with E-state index in [2.05, 4.69) is 43.4 Å². The maximum Gasteiger partial charge on any atom is 0.122 e. The zero-order valence-electron chi connectivity index (χ0n) is 12.0. The molecule has 0 aliphatic carbocycles. The lowest BCUT2D eigenvalue weighted by Crippen LogP contribution is -2.29. The number of nitrogens with zero attached hydrogens (tertiary/aromatic N) is 1. The fourth-order valence-electron chi connectivity index (χ4n) is 1.81. The van der Waals surface area contributed by atoms with Gasteiger partial charge in [0, 0.05) is 18.2 Å². The van der Waals surface area contributed by atoms with Crippen LogP contribution in [0.2, 0.25) is 0 Å². The van der Waals surface area contributed by atoms with E-state index in [0.717, 1.165) is 25.4 Å². The smallest absolute Gasteiger partial charge is 0.122 e. The minimum Gasteiger partial charge on any atom is -0.468 e. The quantitative estimate of drug-likeness (QED) is 0.747. The van der Waals surface area contributed by atoms with Crippen molar-refractivity contribution in [3.8, 4) is 0 Å². The van der Waals surface area contributed by atoms with Gasteiger partial charge in [-0.3, -0.25) is 4.90 Å². The summed E-state index contributed by atoms with van der Waals surface area (Å²) in [5.41, 5.74) is 1.28. The molecule has 1 heterocycles. The summed E-state index contributed by atoms with van der Waals surface area (Å²) >= 11 is 1.91. The van der Waals surface area contributed by atoms with Crippen LogP contribution in [0.25, 0.3) is 0 Å².